The van der Waals surface area contributed by atoms with Crippen LogP contribution in [0.3, 0.4) is 0 Å². The molecule has 1 rings (SSSR count). The van der Waals surface area contributed by atoms with Crippen molar-refractivity contribution in [2.75, 3.05) is 11.1 Å². The van der Waals surface area contributed by atoms with Gasteiger partial charge < -0.3 is 5.32 Å². The van der Waals surface area contributed by atoms with Crippen molar-refractivity contribution in [3.05, 3.63) is 24.0 Å². The summed E-state index contributed by atoms with van der Waals surface area (Å²) in [6, 6.07) is 3.02. The highest BCUT2D eigenvalue weighted by Crippen LogP contribution is 2.18. The van der Waals surface area contributed by atoms with Gasteiger partial charge in [-0.3, -0.25) is 4.79 Å². The van der Waals surface area contributed by atoms with E-state index >= 15 is 0 Å². The Morgan fingerprint density at radius 1 is 1.47 bits per heavy atom. The van der Waals surface area contributed by atoms with E-state index in [2.05, 4.69) is 17.9 Å². The van der Waals surface area contributed by atoms with E-state index < -0.39 is 21.7 Å². The molecule has 1 aromatic carbocycles. The number of sulfonamides is 1. The van der Waals surface area contributed by atoms with Gasteiger partial charge in [0.25, 0.3) is 0 Å². The van der Waals surface area contributed by atoms with Gasteiger partial charge in [-0.2, -0.15) is 12.6 Å². The molecule has 0 aliphatic carbocycles. The molecule has 0 heterocycles. The number of anilines is 1. The fourth-order valence-corrected chi connectivity index (χ4v) is 1.82. The van der Waals surface area contributed by atoms with E-state index in [1.54, 1.807) is 0 Å². The summed E-state index contributed by atoms with van der Waals surface area (Å²) in [5.74, 6) is -0.922. The molecule has 8 heteroatoms. The summed E-state index contributed by atoms with van der Waals surface area (Å²) >= 11 is 3.86. The van der Waals surface area contributed by atoms with Gasteiger partial charge in [0.05, 0.1) is 10.6 Å². The zero-order chi connectivity index (χ0) is 13.1. The van der Waals surface area contributed by atoms with Crippen LogP contribution < -0.4 is 10.5 Å². The third-order valence-corrected chi connectivity index (χ3v) is 3.02. The minimum atomic E-state index is -3.95. The Hall–Kier alpha value is -1.12. The van der Waals surface area contributed by atoms with Crippen molar-refractivity contribution in [1.82, 2.24) is 0 Å². The number of nitrogens with one attached hydrogen (secondary N) is 1. The number of benzene rings is 1. The average molecular weight is 278 g/mol. The predicted molar refractivity (Wildman–Crippen MR) is 64.9 cm³/mol. The minimum absolute atomic E-state index is 0.0933. The van der Waals surface area contributed by atoms with Gasteiger partial charge in [-0.05, 0) is 24.0 Å². The zero-order valence-electron chi connectivity index (χ0n) is 8.68. The van der Waals surface area contributed by atoms with Crippen LogP contribution in [0.2, 0.25) is 0 Å². The van der Waals surface area contributed by atoms with Crippen LogP contribution in [-0.2, 0) is 14.8 Å². The quantitative estimate of drug-likeness (QED) is 0.709. The standard InChI is InChI=1S/C9H11FN2O3S2/c10-7-5-6(17(11,14)15)1-2-8(7)12-9(13)3-4-16/h1-2,5,16H,3-4H2,(H,12,13)(H2,11,14,15). The molecule has 5 nitrogen and oxygen atoms in total. The molecule has 94 valence electrons. The molecule has 0 saturated carbocycles. The molecule has 0 fully saturated rings. The number of hydrogen-bond donors (Lipinski definition) is 3. The maximum Gasteiger partial charge on any atom is 0.238 e. The summed E-state index contributed by atoms with van der Waals surface area (Å²) in [5, 5.41) is 7.12. The van der Waals surface area contributed by atoms with E-state index in [4.69, 9.17) is 5.14 Å². The van der Waals surface area contributed by atoms with Crippen molar-refractivity contribution < 1.29 is 17.6 Å². The number of carbonyl (C=O) groups is 1. The highest BCUT2D eigenvalue weighted by atomic mass is 32.2. The average Bonchev–Trinajstić information content (AvgIpc) is 2.20. The first-order valence-corrected chi connectivity index (χ1v) is 6.75. The lowest BCUT2D eigenvalue weighted by Gasteiger charge is -2.06. The highest BCUT2D eigenvalue weighted by molar-refractivity contribution is 7.89. The van der Waals surface area contributed by atoms with Crippen molar-refractivity contribution >= 4 is 34.2 Å². The van der Waals surface area contributed by atoms with Gasteiger partial charge in [0, 0.05) is 6.42 Å². The Morgan fingerprint density at radius 3 is 2.59 bits per heavy atom. The maximum absolute atomic E-state index is 13.4. The van der Waals surface area contributed by atoms with Crippen LogP contribution in [0.15, 0.2) is 23.1 Å². The van der Waals surface area contributed by atoms with Gasteiger partial charge in [-0.25, -0.2) is 17.9 Å². The van der Waals surface area contributed by atoms with Crippen molar-refractivity contribution in [3.63, 3.8) is 0 Å². The zero-order valence-corrected chi connectivity index (χ0v) is 10.4. The molecule has 0 aliphatic heterocycles. The number of nitrogens with two attached hydrogens (primary N) is 1. The summed E-state index contributed by atoms with van der Waals surface area (Å²) in [6.45, 7) is 0. The molecule has 0 unspecified atom stereocenters. The van der Waals surface area contributed by atoms with E-state index in [9.17, 15) is 17.6 Å². The van der Waals surface area contributed by atoms with E-state index in [-0.39, 0.29) is 17.0 Å². The van der Waals surface area contributed by atoms with Gasteiger partial charge in [-0.15, -0.1) is 0 Å². The monoisotopic (exact) mass is 278 g/mol. The van der Waals surface area contributed by atoms with Crippen molar-refractivity contribution in [1.29, 1.82) is 0 Å². The summed E-state index contributed by atoms with van der Waals surface area (Å²) in [6.07, 6.45) is 0.138. The van der Waals surface area contributed by atoms with Gasteiger partial charge in [-0.1, -0.05) is 0 Å². The van der Waals surface area contributed by atoms with Gasteiger partial charge in [0.2, 0.25) is 15.9 Å². The van der Waals surface area contributed by atoms with Crippen molar-refractivity contribution in [2.24, 2.45) is 5.14 Å². The first-order chi connectivity index (χ1) is 7.84. The van der Waals surface area contributed by atoms with Crippen LogP contribution in [0.1, 0.15) is 6.42 Å². The first-order valence-electron chi connectivity index (χ1n) is 4.57. The number of amides is 1. The largest absolute Gasteiger partial charge is 0.324 e. The van der Waals surface area contributed by atoms with Crippen LogP contribution >= 0.6 is 12.6 Å². The number of thiol groups is 1. The molecule has 1 aromatic rings. The Labute approximate surface area is 104 Å². The molecule has 0 saturated heterocycles. The van der Waals surface area contributed by atoms with Crippen LogP contribution in [0.5, 0.6) is 0 Å². The molecular weight excluding hydrogens is 267 g/mol. The molecular formula is C9H11FN2O3S2. The summed E-state index contributed by atoms with van der Waals surface area (Å²) in [5.41, 5.74) is -0.0933. The van der Waals surface area contributed by atoms with Crippen LogP contribution in [0.4, 0.5) is 10.1 Å². The highest BCUT2D eigenvalue weighted by Gasteiger charge is 2.12. The molecule has 3 N–H and O–H groups in total. The molecule has 17 heavy (non-hydrogen) atoms. The first kappa shape index (κ1) is 13.9. The van der Waals surface area contributed by atoms with Crippen LogP contribution in [0.25, 0.3) is 0 Å². The van der Waals surface area contributed by atoms with Crippen LogP contribution in [0, 0.1) is 5.82 Å². The van der Waals surface area contributed by atoms with Crippen molar-refractivity contribution in [3.8, 4) is 0 Å². The molecule has 0 aliphatic rings. The summed E-state index contributed by atoms with van der Waals surface area (Å²) < 4.78 is 35.3. The van der Waals surface area contributed by atoms with Crippen molar-refractivity contribution in [2.45, 2.75) is 11.3 Å². The second-order valence-electron chi connectivity index (χ2n) is 3.21. The lowest BCUT2D eigenvalue weighted by Crippen LogP contribution is -2.15. The molecule has 0 bridgehead atoms. The summed E-state index contributed by atoms with van der Waals surface area (Å²) in [4.78, 5) is 10.8. The predicted octanol–water partition coefficient (Wildman–Crippen LogP) is 0.732. The second kappa shape index (κ2) is 5.48. The topological polar surface area (TPSA) is 89.3 Å². The fourth-order valence-electron chi connectivity index (χ4n) is 1.09. The van der Waals surface area contributed by atoms with E-state index in [0.29, 0.717) is 5.75 Å². The normalized spacial score (nSPS) is 11.2. The molecule has 0 spiro atoms. The van der Waals surface area contributed by atoms with Gasteiger partial charge >= 0.3 is 0 Å². The SMILES string of the molecule is NS(=O)(=O)c1ccc(NC(=O)CCS)c(F)c1. The lowest BCUT2D eigenvalue weighted by atomic mass is 10.3. The number of primary sulfonamides is 1. The third kappa shape index (κ3) is 3.99. The number of carbonyl (C=O) groups excluding carboxylic acids is 1. The molecule has 0 atom stereocenters. The lowest BCUT2D eigenvalue weighted by molar-refractivity contribution is -0.115. The van der Waals surface area contributed by atoms with E-state index in [1.807, 2.05) is 0 Å². The Balaban J connectivity index is 2.95. The number of rotatable bonds is 4. The Kier molecular flexibility index (Phi) is 4.49. The number of hydrogen-bond acceptors (Lipinski definition) is 4. The number of halogens is 1. The maximum atomic E-state index is 13.4. The second-order valence-corrected chi connectivity index (χ2v) is 5.22. The minimum Gasteiger partial charge on any atom is -0.324 e. The fraction of sp³-hybridized carbons (Fsp3) is 0.222. The smallest absolute Gasteiger partial charge is 0.238 e. The Bertz CT molecular complexity index is 531. The van der Waals surface area contributed by atoms with E-state index in [1.165, 1.54) is 0 Å². The molecule has 0 radical (unpaired) electrons. The molecule has 0 aromatic heterocycles. The Morgan fingerprint density at radius 2 is 2.12 bits per heavy atom. The van der Waals surface area contributed by atoms with Crippen LogP contribution in [-0.4, -0.2) is 20.1 Å². The van der Waals surface area contributed by atoms with E-state index in [0.717, 1.165) is 18.2 Å². The molecule has 1 amide bonds. The summed E-state index contributed by atoms with van der Waals surface area (Å²) in [7, 11) is -3.95. The van der Waals surface area contributed by atoms with Gasteiger partial charge in [0.1, 0.15) is 5.82 Å². The third-order valence-electron chi connectivity index (χ3n) is 1.88. The van der Waals surface area contributed by atoms with Gasteiger partial charge in [0.15, 0.2) is 0 Å².